The van der Waals surface area contributed by atoms with E-state index >= 15 is 0 Å². The molecule has 0 saturated heterocycles. The fourth-order valence-corrected chi connectivity index (χ4v) is 2.80. The van der Waals surface area contributed by atoms with Crippen LogP contribution in [0.5, 0.6) is 5.75 Å². The van der Waals surface area contributed by atoms with Gasteiger partial charge in [0.1, 0.15) is 18.6 Å². The van der Waals surface area contributed by atoms with Crippen LogP contribution in [0.4, 0.5) is 0 Å². The monoisotopic (exact) mass is 385 g/mol. The van der Waals surface area contributed by atoms with Crippen LogP contribution in [-0.4, -0.2) is 45.7 Å². The highest BCUT2D eigenvalue weighted by Crippen LogP contribution is 2.30. The van der Waals surface area contributed by atoms with Crippen molar-refractivity contribution in [2.75, 3.05) is 34.9 Å². The second-order valence-electron chi connectivity index (χ2n) is 6.22. The Morgan fingerprint density at radius 2 is 1.79 bits per heavy atom. The van der Waals surface area contributed by atoms with Gasteiger partial charge in [0.2, 0.25) is 5.91 Å². The van der Waals surface area contributed by atoms with Gasteiger partial charge in [-0.2, -0.15) is 0 Å². The van der Waals surface area contributed by atoms with Gasteiger partial charge >= 0.3 is 0 Å². The lowest BCUT2D eigenvalue weighted by atomic mass is 9.99. The Morgan fingerprint density at radius 3 is 2.43 bits per heavy atom. The summed E-state index contributed by atoms with van der Waals surface area (Å²) in [5.74, 6) is 0.482. The fourth-order valence-electron chi connectivity index (χ4n) is 2.80. The molecule has 0 aliphatic heterocycles. The number of carbonyl (C=O) groups excluding carboxylic acids is 1. The van der Waals surface area contributed by atoms with E-state index in [0.717, 1.165) is 16.7 Å². The normalized spacial score (nSPS) is 11.7. The van der Waals surface area contributed by atoms with Crippen LogP contribution in [0.25, 0.3) is 0 Å². The van der Waals surface area contributed by atoms with Crippen molar-refractivity contribution < 1.29 is 23.7 Å². The van der Waals surface area contributed by atoms with Crippen LogP contribution in [0.1, 0.15) is 22.8 Å². The highest BCUT2D eigenvalue weighted by molar-refractivity contribution is 5.86. The zero-order chi connectivity index (χ0) is 20.4. The molecule has 1 atom stereocenters. The van der Waals surface area contributed by atoms with E-state index in [4.69, 9.17) is 18.9 Å². The van der Waals surface area contributed by atoms with Crippen molar-refractivity contribution in [3.63, 3.8) is 0 Å². The number of methoxy groups -OCH3 is 2. The molecule has 0 saturated carbocycles. The summed E-state index contributed by atoms with van der Waals surface area (Å²) in [4.78, 5) is 13.5. The van der Waals surface area contributed by atoms with Gasteiger partial charge in [0.15, 0.2) is 6.79 Å². The van der Waals surface area contributed by atoms with Crippen LogP contribution in [0.3, 0.4) is 0 Å². The molecule has 1 unspecified atom stereocenters. The fraction of sp³-hybridized carbons (Fsp3) is 0.318. The quantitative estimate of drug-likeness (QED) is 0.438. The third-order valence-corrected chi connectivity index (χ3v) is 4.06. The first kappa shape index (κ1) is 21.6. The van der Waals surface area contributed by atoms with Gasteiger partial charge in [0, 0.05) is 27.8 Å². The summed E-state index contributed by atoms with van der Waals surface area (Å²) < 4.78 is 21.7. The molecule has 2 rings (SSSR count). The largest absolute Gasteiger partial charge is 0.468 e. The first-order valence-corrected chi connectivity index (χ1v) is 8.87. The number of hydrogen-bond donors (Lipinski definition) is 0. The molecule has 0 spiro atoms. The van der Waals surface area contributed by atoms with E-state index in [1.54, 1.807) is 26.2 Å². The van der Waals surface area contributed by atoms with E-state index in [-0.39, 0.29) is 25.6 Å². The minimum absolute atomic E-state index is 0.124. The maximum atomic E-state index is 11.9. The summed E-state index contributed by atoms with van der Waals surface area (Å²) in [5.41, 5.74) is 2.79. The van der Waals surface area contributed by atoms with Crippen molar-refractivity contribution in [2.24, 2.45) is 0 Å². The molecule has 2 aromatic carbocycles. The Balaban J connectivity index is 2.41. The average molecular weight is 385 g/mol. The maximum absolute atomic E-state index is 11.9. The number of hydrogen-bond acceptors (Lipinski definition) is 5. The number of nitrogens with zero attached hydrogens (tertiary/aromatic N) is 1. The summed E-state index contributed by atoms with van der Waals surface area (Å²) in [5, 5.41) is 0. The predicted molar refractivity (Wildman–Crippen MR) is 107 cm³/mol. The molecule has 0 heterocycles. The Bertz CT molecular complexity index is 763. The number of likely N-dealkylation sites (N-methyl/N-ethyl adjacent to an activating group) is 1. The molecule has 0 aliphatic rings. The Hall–Kier alpha value is -2.67. The van der Waals surface area contributed by atoms with E-state index in [0.29, 0.717) is 12.3 Å². The maximum Gasteiger partial charge on any atom is 0.245 e. The third-order valence-electron chi connectivity index (χ3n) is 4.06. The third kappa shape index (κ3) is 6.20. The summed E-state index contributed by atoms with van der Waals surface area (Å²) in [6, 6.07) is 15.7. The second-order valence-corrected chi connectivity index (χ2v) is 6.22. The molecule has 2 aromatic rings. The van der Waals surface area contributed by atoms with E-state index < -0.39 is 0 Å². The Morgan fingerprint density at radius 1 is 1.07 bits per heavy atom. The van der Waals surface area contributed by atoms with Gasteiger partial charge < -0.3 is 23.8 Å². The van der Waals surface area contributed by atoms with E-state index in [1.165, 1.54) is 6.08 Å². The van der Waals surface area contributed by atoms with Crippen molar-refractivity contribution in [3.8, 4) is 5.75 Å². The van der Waals surface area contributed by atoms with Crippen LogP contribution in [0.2, 0.25) is 0 Å². The van der Waals surface area contributed by atoms with Gasteiger partial charge in [-0.1, -0.05) is 43.0 Å². The van der Waals surface area contributed by atoms with Gasteiger partial charge in [0.05, 0.1) is 0 Å². The Kier molecular flexibility index (Phi) is 8.68. The summed E-state index contributed by atoms with van der Waals surface area (Å²) >= 11 is 0. The molecule has 0 radical (unpaired) electrons. The minimum atomic E-state index is -0.341. The number of amides is 1. The number of carbonyl (C=O) groups is 1. The smallest absolute Gasteiger partial charge is 0.245 e. The molecular weight excluding hydrogens is 358 g/mol. The topological polar surface area (TPSA) is 57.2 Å². The Labute approximate surface area is 166 Å². The number of benzene rings is 2. The van der Waals surface area contributed by atoms with Gasteiger partial charge in [0.25, 0.3) is 0 Å². The second kappa shape index (κ2) is 11.2. The van der Waals surface area contributed by atoms with Crippen molar-refractivity contribution in [1.29, 1.82) is 0 Å². The standard InChI is InChI=1S/C22H27NO5/c1-5-21(24)23(2)14-17-11-19(13-20(12-17)27-15-25-3)22(28-16-26-4)18-9-7-6-8-10-18/h5-13,22H,1,14-16H2,2-4H3. The molecule has 0 bridgehead atoms. The van der Waals surface area contributed by atoms with Gasteiger partial charge in [-0.05, 0) is 34.9 Å². The van der Waals surface area contributed by atoms with E-state index in [2.05, 4.69) is 6.58 Å². The molecule has 150 valence electrons. The highest BCUT2D eigenvalue weighted by Gasteiger charge is 2.18. The first-order chi connectivity index (χ1) is 13.6. The predicted octanol–water partition coefficient (Wildman–Crippen LogP) is 3.52. The average Bonchev–Trinajstić information content (AvgIpc) is 2.72. The molecule has 28 heavy (non-hydrogen) atoms. The molecule has 0 N–H and O–H groups in total. The number of rotatable bonds is 11. The number of ether oxygens (including phenoxy) is 4. The molecule has 6 heteroatoms. The molecule has 0 aliphatic carbocycles. The lowest BCUT2D eigenvalue weighted by molar-refractivity contribution is -0.125. The van der Waals surface area contributed by atoms with E-state index in [9.17, 15) is 4.79 Å². The lowest BCUT2D eigenvalue weighted by Crippen LogP contribution is -2.24. The molecule has 6 nitrogen and oxygen atoms in total. The van der Waals surface area contributed by atoms with Gasteiger partial charge in [-0.3, -0.25) is 4.79 Å². The summed E-state index contributed by atoms with van der Waals surface area (Å²) in [7, 11) is 4.87. The zero-order valence-corrected chi connectivity index (χ0v) is 16.6. The van der Waals surface area contributed by atoms with Crippen LogP contribution in [-0.2, 0) is 25.5 Å². The van der Waals surface area contributed by atoms with Crippen LogP contribution < -0.4 is 4.74 Å². The van der Waals surface area contributed by atoms with Crippen molar-refractivity contribution in [3.05, 3.63) is 77.9 Å². The van der Waals surface area contributed by atoms with Gasteiger partial charge in [-0.15, -0.1) is 0 Å². The first-order valence-electron chi connectivity index (χ1n) is 8.87. The lowest BCUT2D eigenvalue weighted by Gasteiger charge is -2.22. The molecule has 0 fully saturated rings. The molecule has 1 amide bonds. The summed E-state index contributed by atoms with van der Waals surface area (Å²) in [6.45, 7) is 4.21. The molecule has 0 aromatic heterocycles. The van der Waals surface area contributed by atoms with E-state index in [1.807, 2.05) is 48.5 Å². The zero-order valence-electron chi connectivity index (χ0n) is 16.6. The van der Waals surface area contributed by atoms with Crippen molar-refractivity contribution >= 4 is 5.91 Å². The van der Waals surface area contributed by atoms with Gasteiger partial charge in [-0.25, -0.2) is 0 Å². The molecular formula is C22H27NO5. The van der Waals surface area contributed by atoms with Crippen molar-refractivity contribution in [1.82, 2.24) is 4.90 Å². The van der Waals surface area contributed by atoms with Crippen molar-refractivity contribution in [2.45, 2.75) is 12.6 Å². The highest BCUT2D eigenvalue weighted by atomic mass is 16.7. The summed E-state index contributed by atoms with van der Waals surface area (Å²) in [6.07, 6.45) is 0.951. The SMILES string of the molecule is C=CC(=O)N(C)Cc1cc(OCOC)cc(C(OCOC)c2ccccc2)c1. The minimum Gasteiger partial charge on any atom is -0.468 e. The van der Waals surface area contributed by atoms with Crippen LogP contribution in [0.15, 0.2) is 61.2 Å². The van der Waals surface area contributed by atoms with Crippen LogP contribution >= 0.6 is 0 Å². The van der Waals surface area contributed by atoms with Crippen LogP contribution in [0, 0.1) is 0 Å².